The van der Waals surface area contributed by atoms with E-state index in [1.54, 1.807) is 41.1 Å². The van der Waals surface area contributed by atoms with Crippen molar-refractivity contribution in [3.63, 3.8) is 0 Å². The van der Waals surface area contributed by atoms with Gasteiger partial charge in [0, 0.05) is 85.3 Å². The highest BCUT2D eigenvalue weighted by molar-refractivity contribution is 14.1. The Bertz CT molecular complexity index is 2330. The molecule has 1 saturated carbocycles. The smallest absolute Gasteiger partial charge is 0.262 e. The predicted molar refractivity (Wildman–Crippen MR) is 233 cm³/mol. The van der Waals surface area contributed by atoms with Gasteiger partial charge in [0.2, 0.25) is 5.91 Å². The average Bonchev–Trinajstić information content (AvgIpc) is 3.71. The van der Waals surface area contributed by atoms with Crippen molar-refractivity contribution in [1.29, 1.82) is 5.26 Å². The van der Waals surface area contributed by atoms with E-state index in [-0.39, 0.29) is 53.0 Å². The number of benzene rings is 3. The molecule has 14 heteroatoms. The zero-order valence-corrected chi connectivity index (χ0v) is 37.4. The van der Waals surface area contributed by atoms with Crippen LogP contribution >= 0.6 is 34.5 Å². The molecule has 0 radical (unpaired) electrons. The van der Waals surface area contributed by atoms with Crippen LogP contribution in [0.4, 0.5) is 5.69 Å². The molecule has 1 atom stereocenters. The van der Waals surface area contributed by atoms with E-state index in [0.29, 0.717) is 39.1 Å². The number of hydrogen-bond acceptors (Lipinski definition) is 9. The van der Waals surface area contributed by atoms with Crippen LogP contribution in [0, 0.1) is 27.6 Å². The van der Waals surface area contributed by atoms with Crippen LogP contribution in [0.3, 0.4) is 0 Å². The van der Waals surface area contributed by atoms with Gasteiger partial charge >= 0.3 is 0 Å². The average molecular weight is 943 g/mol. The second-order valence-corrected chi connectivity index (χ2v) is 20.3. The van der Waals surface area contributed by atoms with Crippen molar-refractivity contribution in [2.24, 2.45) is 16.2 Å². The lowest BCUT2D eigenvalue weighted by Gasteiger charge is -2.65. The highest BCUT2D eigenvalue weighted by Crippen LogP contribution is 2.58. The summed E-state index contributed by atoms with van der Waals surface area (Å²) in [6, 6.07) is 18.4. The van der Waals surface area contributed by atoms with Gasteiger partial charge in [-0.3, -0.25) is 33.8 Å². The third kappa shape index (κ3) is 6.42. The normalized spacial score (nSPS) is 25.4. The van der Waals surface area contributed by atoms with Crippen molar-refractivity contribution in [2.45, 2.75) is 90.4 Å². The summed E-state index contributed by atoms with van der Waals surface area (Å²) in [6.45, 7) is 12.3. The summed E-state index contributed by atoms with van der Waals surface area (Å²) in [4.78, 5) is 73.7. The van der Waals surface area contributed by atoms with E-state index in [0.717, 1.165) is 76.7 Å². The minimum Gasteiger partial charge on any atom is -0.489 e. The lowest BCUT2D eigenvalue weighted by atomic mass is 9.49. The van der Waals surface area contributed by atoms with Crippen LogP contribution in [-0.2, 0) is 22.4 Å². The van der Waals surface area contributed by atoms with Crippen LogP contribution in [-0.4, -0.2) is 105 Å². The van der Waals surface area contributed by atoms with Crippen molar-refractivity contribution >= 4 is 69.7 Å². The fourth-order valence-electron chi connectivity index (χ4n) is 12.0. The van der Waals surface area contributed by atoms with Crippen molar-refractivity contribution in [3.8, 4) is 11.8 Å². The molecule has 0 N–H and O–H groups in total. The maximum atomic E-state index is 13.9. The number of likely N-dealkylation sites (tertiary alicyclic amines) is 1. The molecule has 312 valence electrons. The van der Waals surface area contributed by atoms with Gasteiger partial charge in [0.1, 0.15) is 24.0 Å². The second kappa shape index (κ2) is 14.6. The largest absolute Gasteiger partial charge is 0.489 e. The molecule has 6 aliphatic rings. The Morgan fingerprint density at radius 3 is 2.05 bits per heavy atom. The molecule has 3 aromatic rings. The summed E-state index contributed by atoms with van der Waals surface area (Å²) in [7, 11) is 1.88. The fourth-order valence-corrected chi connectivity index (χ4v) is 12.8. The number of fused-ring (bicyclic) bond motifs is 2. The van der Waals surface area contributed by atoms with Gasteiger partial charge in [0.05, 0.1) is 44.6 Å². The molecule has 5 amide bonds. The summed E-state index contributed by atoms with van der Waals surface area (Å²) in [5.74, 6) is -1.14. The minimum absolute atomic E-state index is 0.0284. The molecule has 12 nitrogen and oxygen atoms in total. The third-order valence-electron chi connectivity index (χ3n) is 14.3. The number of nitriles is 1. The summed E-state index contributed by atoms with van der Waals surface area (Å²) in [6.07, 6.45) is 3.91. The van der Waals surface area contributed by atoms with Gasteiger partial charge in [0.25, 0.3) is 23.6 Å². The Balaban J connectivity index is 0.771. The Morgan fingerprint density at radius 2 is 1.48 bits per heavy atom. The van der Waals surface area contributed by atoms with Gasteiger partial charge in [0.15, 0.2) is 0 Å². The monoisotopic (exact) mass is 942 g/mol. The molecular formula is C46H48ClIN6O6. The number of rotatable bonds is 7. The molecule has 4 aliphatic heterocycles. The Morgan fingerprint density at radius 1 is 0.883 bits per heavy atom. The number of nitrogens with zero attached hydrogens (tertiary/aromatic N) is 6. The van der Waals surface area contributed by atoms with Crippen molar-refractivity contribution in [3.05, 3.63) is 93.0 Å². The zero-order valence-electron chi connectivity index (χ0n) is 34.5. The molecule has 2 aliphatic carbocycles. The molecule has 4 fully saturated rings. The van der Waals surface area contributed by atoms with Gasteiger partial charge in [-0.05, 0) is 91.8 Å². The fraction of sp³-hybridized carbons (Fsp3) is 0.478. The van der Waals surface area contributed by atoms with Gasteiger partial charge in [-0.1, -0.05) is 39.3 Å². The van der Waals surface area contributed by atoms with Crippen LogP contribution < -0.4 is 9.64 Å². The van der Waals surface area contributed by atoms with Crippen LogP contribution in [0.1, 0.15) is 101 Å². The number of amides is 5. The molecule has 0 aromatic heterocycles. The topological polar surface area (TPSA) is 135 Å². The molecule has 9 rings (SSSR count). The predicted octanol–water partition coefficient (Wildman–Crippen LogP) is 6.70. The zero-order chi connectivity index (χ0) is 42.6. The number of halogens is 2. The summed E-state index contributed by atoms with van der Waals surface area (Å²) < 4.78 is 7.44. The first-order valence-corrected chi connectivity index (χ1v) is 22.1. The van der Waals surface area contributed by atoms with E-state index in [1.165, 1.54) is 0 Å². The van der Waals surface area contributed by atoms with Crippen molar-refractivity contribution < 1.29 is 28.7 Å². The van der Waals surface area contributed by atoms with Crippen LogP contribution in [0.15, 0.2) is 54.6 Å². The number of piperidine rings is 2. The number of anilines is 1. The van der Waals surface area contributed by atoms with Crippen LogP contribution in [0.25, 0.3) is 0 Å². The van der Waals surface area contributed by atoms with E-state index in [2.05, 4.69) is 55.7 Å². The molecule has 60 heavy (non-hydrogen) atoms. The number of imide groups is 2. The molecule has 1 spiro atoms. The van der Waals surface area contributed by atoms with E-state index in [9.17, 15) is 29.2 Å². The van der Waals surface area contributed by atoms with E-state index in [1.807, 2.05) is 36.2 Å². The van der Waals surface area contributed by atoms with Gasteiger partial charge < -0.3 is 14.5 Å². The Labute approximate surface area is 369 Å². The number of hydrogen-bond donors (Lipinski definition) is 0. The van der Waals surface area contributed by atoms with Gasteiger partial charge in [-0.2, -0.15) is 5.26 Å². The molecule has 3 aromatic carbocycles. The van der Waals surface area contributed by atoms with E-state index < -0.39 is 23.8 Å². The first kappa shape index (κ1) is 40.9. The SMILES string of the molecule is CN(C(=O)c1ccc(N2CCC(N3CC4(Cc5cc6c(cc5C4)C(=O)N(C4CCC(=O)N(I)C4=O)C6=O)C3)CC2)cc1)[C@H]1C(C)(C)[C@H](Oc2ccc(C#N)c(Cl)c2)C1(C)C. The number of carbonyl (C=O) groups is 5. The number of carbonyl (C=O) groups excluding carboxylic acids is 5. The molecule has 1 unspecified atom stereocenters. The summed E-state index contributed by atoms with van der Waals surface area (Å²) in [5.41, 5.74) is 4.54. The van der Waals surface area contributed by atoms with Crippen LogP contribution in [0.5, 0.6) is 5.75 Å². The lowest BCUT2D eigenvalue weighted by molar-refractivity contribution is -0.195. The van der Waals surface area contributed by atoms with Crippen molar-refractivity contribution in [1.82, 2.24) is 17.8 Å². The third-order valence-corrected chi connectivity index (χ3v) is 15.7. The van der Waals surface area contributed by atoms with E-state index >= 15 is 0 Å². The highest BCUT2D eigenvalue weighted by Gasteiger charge is 2.66. The standard InChI is InChI=1S/C46H48ClIN6O6/c1-44(2)42(45(3,4)43(44)60-32-11-8-27(23-49)35(47)20-32)50(5)38(56)26-6-9-30(10-7-26)51-16-14-31(15-17-51)52-24-46(25-52)21-28-18-33-34(19-29(28)22-46)40(58)53(39(33)57)36-12-13-37(55)54(48)41(36)59/h6-11,18-20,31,36,42-43H,12-17,21-22,24-25H2,1-5H3/t36?,42-,43-. The molecular weight excluding hydrogens is 895 g/mol. The maximum absolute atomic E-state index is 13.9. The first-order valence-electron chi connectivity index (χ1n) is 20.7. The second-order valence-electron chi connectivity index (χ2n) is 19.0. The number of ether oxygens (including phenoxy) is 1. The Hall–Kier alpha value is -4.52. The Kier molecular flexibility index (Phi) is 9.91. The summed E-state index contributed by atoms with van der Waals surface area (Å²) >= 11 is 7.94. The highest BCUT2D eigenvalue weighted by atomic mass is 127. The molecule has 4 heterocycles. The molecule has 0 bridgehead atoms. The van der Waals surface area contributed by atoms with Crippen LogP contribution in [0.2, 0.25) is 5.02 Å². The van der Waals surface area contributed by atoms with E-state index in [4.69, 9.17) is 16.3 Å². The first-order chi connectivity index (χ1) is 28.4. The minimum atomic E-state index is -0.951. The summed E-state index contributed by atoms with van der Waals surface area (Å²) in [5, 5.41) is 9.61. The molecule has 3 saturated heterocycles. The van der Waals surface area contributed by atoms with Crippen molar-refractivity contribution in [2.75, 3.05) is 38.1 Å². The maximum Gasteiger partial charge on any atom is 0.262 e. The van der Waals surface area contributed by atoms with Gasteiger partial charge in [-0.15, -0.1) is 0 Å². The quantitative estimate of drug-likeness (QED) is 0.144. The lowest BCUT2D eigenvalue weighted by Crippen LogP contribution is -2.74. The van der Waals surface area contributed by atoms with Gasteiger partial charge in [-0.25, -0.2) is 3.11 Å².